The normalized spacial score (nSPS) is 12.0. The predicted molar refractivity (Wildman–Crippen MR) is 97.5 cm³/mol. The number of fused-ring (bicyclic) bond motifs is 1. The van der Waals surface area contributed by atoms with Gasteiger partial charge in [0, 0.05) is 29.8 Å². The fraction of sp³-hybridized carbons (Fsp3) is 0.263. The fourth-order valence-electron chi connectivity index (χ4n) is 2.69. The van der Waals surface area contributed by atoms with E-state index in [0.29, 0.717) is 18.7 Å². The monoisotopic (exact) mass is 340 g/mol. The lowest BCUT2D eigenvalue weighted by Crippen LogP contribution is -2.20. The van der Waals surface area contributed by atoms with Crippen LogP contribution in [0.2, 0.25) is 0 Å². The molecule has 1 aromatic heterocycles. The number of hydrogen-bond acceptors (Lipinski definition) is 3. The zero-order valence-corrected chi connectivity index (χ0v) is 14.9. The van der Waals surface area contributed by atoms with Crippen LogP contribution in [-0.2, 0) is 11.3 Å². The Labute approximate surface area is 145 Å². The second-order valence-electron chi connectivity index (χ2n) is 5.61. The summed E-state index contributed by atoms with van der Waals surface area (Å²) in [5.41, 5.74) is 1.76. The van der Waals surface area contributed by atoms with Gasteiger partial charge in [0.25, 0.3) is 5.91 Å². The van der Waals surface area contributed by atoms with E-state index in [-0.39, 0.29) is 5.91 Å². The van der Waals surface area contributed by atoms with Crippen LogP contribution in [0.25, 0.3) is 10.8 Å². The maximum Gasteiger partial charge on any atom is 0.280 e. The Morgan fingerprint density at radius 1 is 1.17 bits per heavy atom. The number of carbonyl (C=O) groups is 1. The molecule has 3 rings (SSSR count). The minimum Gasteiger partial charge on any atom is -0.383 e. The number of thiazole rings is 1. The Kier molecular flexibility index (Phi) is 4.92. The summed E-state index contributed by atoms with van der Waals surface area (Å²) in [6.45, 7) is 5.37. The van der Waals surface area contributed by atoms with E-state index in [2.05, 4.69) is 4.99 Å². The lowest BCUT2D eigenvalue weighted by molar-refractivity contribution is 0.0998. The minimum absolute atomic E-state index is 0.209. The van der Waals surface area contributed by atoms with Crippen molar-refractivity contribution in [2.24, 2.45) is 4.99 Å². The predicted octanol–water partition coefficient (Wildman–Crippen LogP) is 3.71. The Bertz CT molecular complexity index is 948. The number of amides is 1. The van der Waals surface area contributed by atoms with Gasteiger partial charge in [-0.25, -0.2) is 0 Å². The average Bonchev–Trinajstić information content (AvgIpc) is 2.86. The SMILES string of the molecule is COCCn1c(C)c(C)s/c1=N\C(=O)c1cccc2ccccc12. The summed E-state index contributed by atoms with van der Waals surface area (Å²) in [6, 6.07) is 13.6. The van der Waals surface area contributed by atoms with Crippen LogP contribution in [0.4, 0.5) is 0 Å². The van der Waals surface area contributed by atoms with E-state index in [4.69, 9.17) is 4.74 Å². The van der Waals surface area contributed by atoms with Crippen LogP contribution in [-0.4, -0.2) is 24.2 Å². The van der Waals surface area contributed by atoms with Crippen molar-refractivity contribution < 1.29 is 9.53 Å². The Balaban J connectivity index is 2.08. The largest absolute Gasteiger partial charge is 0.383 e. The molecular weight excluding hydrogens is 320 g/mol. The standard InChI is InChI=1S/C19H20N2O2S/c1-13-14(2)24-19(21(13)11-12-23-3)20-18(22)17-10-6-8-15-7-4-5-9-16(15)17/h4-10H,11-12H2,1-3H3/b20-19-. The second-order valence-corrected chi connectivity index (χ2v) is 6.80. The van der Waals surface area contributed by atoms with Crippen molar-refractivity contribution in [3.05, 3.63) is 63.4 Å². The lowest BCUT2D eigenvalue weighted by atomic mass is 10.0. The number of hydrogen-bond donors (Lipinski definition) is 0. The van der Waals surface area contributed by atoms with Gasteiger partial charge in [0.2, 0.25) is 0 Å². The van der Waals surface area contributed by atoms with Crippen LogP contribution in [0.1, 0.15) is 20.9 Å². The van der Waals surface area contributed by atoms with Crippen molar-refractivity contribution in [3.8, 4) is 0 Å². The van der Waals surface area contributed by atoms with Crippen LogP contribution < -0.4 is 4.80 Å². The van der Waals surface area contributed by atoms with E-state index < -0.39 is 0 Å². The Morgan fingerprint density at radius 2 is 1.92 bits per heavy atom. The molecule has 0 unspecified atom stereocenters. The highest BCUT2D eigenvalue weighted by atomic mass is 32.1. The average molecular weight is 340 g/mol. The van der Waals surface area contributed by atoms with Crippen molar-refractivity contribution >= 4 is 28.0 Å². The van der Waals surface area contributed by atoms with Gasteiger partial charge in [-0.05, 0) is 30.7 Å². The minimum atomic E-state index is -0.209. The van der Waals surface area contributed by atoms with E-state index in [1.807, 2.05) is 60.9 Å². The van der Waals surface area contributed by atoms with Gasteiger partial charge < -0.3 is 9.30 Å². The molecule has 124 valence electrons. The zero-order chi connectivity index (χ0) is 17.1. The molecule has 0 aliphatic carbocycles. The zero-order valence-electron chi connectivity index (χ0n) is 14.1. The summed E-state index contributed by atoms with van der Waals surface area (Å²) >= 11 is 1.54. The number of ether oxygens (including phenoxy) is 1. The van der Waals surface area contributed by atoms with E-state index in [9.17, 15) is 4.79 Å². The van der Waals surface area contributed by atoms with Gasteiger partial charge in [-0.1, -0.05) is 36.4 Å². The van der Waals surface area contributed by atoms with Crippen LogP contribution in [0, 0.1) is 13.8 Å². The van der Waals surface area contributed by atoms with Crippen molar-refractivity contribution in [2.45, 2.75) is 20.4 Å². The highest BCUT2D eigenvalue weighted by Crippen LogP contribution is 2.19. The third kappa shape index (κ3) is 3.18. The highest BCUT2D eigenvalue weighted by molar-refractivity contribution is 7.09. The third-order valence-corrected chi connectivity index (χ3v) is 5.22. The molecule has 0 bridgehead atoms. The summed E-state index contributed by atoms with van der Waals surface area (Å²) in [6.07, 6.45) is 0. The molecule has 2 aromatic carbocycles. The molecule has 0 fully saturated rings. The van der Waals surface area contributed by atoms with E-state index in [1.165, 1.54) is 11.3 Å². The van der Waals surface area contributed by atoms with Crippen LogP contribution in [0.15, 0.2) is 47.5 Å². The summed E-state index contributed by atoms with van der Waals surface area (Å²) in [4.78, 5) is 19.1. The number of carbonyl (C=O) groups excluding carboxylic acids is 1. The Hall–Kier alpha value is -2.24. The first-order valence-electron chi connectivity index (χ1n) is 7.84. The lowest BCUT2D eigenvalue weighted by Gasteiger charge is -2.05. The Morgan fingerprint density at radius 3 is 2.71 bits per heavy atom. The number of methoxy groups -OCH3 is 1. The molecule has 24 heavy (non-hydrogen) atoms. The molecule has 0 atom stereocenters. The smallest absolute Gasteiger partial charge is 0.280 e. The topological polar surface area (TPSA) is 43.6 Å². The van der Waals surface area contributed by atoms with Crippen molar-refractivity contribution in [3.63, 3.8) is 0 Å². The van der Waals surface area contributed by atoms with Crippen LogP contribution in [0.5, 0.6) is 0 Å². The molecule has 0 radical (unpaired) electrons. The molecule has 0 aliphatic heterocycles. The van der Waals surface area contributed by atoms with Gasteiger partial charge in [0.15, 0.2) is 4.80 Å². The summed E-state index contributed by atoms with van der Waals surface area (Å²) in [5, 5.41) is 1.98. The molecule has 5 heteroatoms. The van der Waals surface area contributed by atoms with Crippen LogP contribution in [0.3, 0.4) is 0 Å². The second kappa shape index (κ2) is 7.11. The first-order valence-corrected chi connectivity index (χ1v) is 8.66. The number of aromatic nitrogens is 1. The van der Waals surface area contributed by atoms with Gasteiger partial charge in [0.05, 0.1) is 6.61 Å². The molecule has 0 N–H and O–H groups in total. The molecule has 3 aromatic rings. The van der Waals surface area contributed by atoms with E-state index in [0.717, 1.165) is 26.1 Å². The van der Waals surface area contributed by atoms with Gasteiger partial charge in [0.1, 0.15) is 0 Å². The van der Waals surface area contributed by atoms with Gasteiger partial charge in [-0.15, -0.1) is 11.3 Å². The summed E-state index contributed by atoms with van der Waals surface area (Å²) < 4.78 is 7.22. The molecule has 0 saturated carbocycles. The molecule has 0 aliphatic rings. The molecule has 1 heterocycles. The first kappa shape index (κ1) is 16.6. The number of nitrogens with zero attached hydrogens (tertiary/aromatic N) is 2. The van der Waals surface area contributed by atoms with E-state index in [1.54, 1.807) is 7.11 Å². The van der Waals surface area contributed by atoms with Crippen molar-refractivity contribution in [1.29, 1.82) is 0 Å². The van der Waals surface area contributed by atoms with Gasteiger partial charge in [-0.2, -0.15) is 4.99 Å². The molecule has 1 amide bonds. The van der Waals surface area contributed by atoms with Crippen molar-refractivity contribution in [1.82, 2.24) is 4.57 Å². The summed E-state index contributed by atoms with van der Waals surface area (Å²) in [7, 11) is 1.67. The van der Waals surface area contributed by atoms with Gasteiger partial charge in [-0.3, -0.25) is 4.79 Å². The van der Waals surface area contributed by atoms with Crippen molar-refractivity contribution in [2.75, 3.05) is 13.7 Å². The molecule has 0 saturated heterocycles. The van der Waals surface area contributed by atoms with E-state index >= 15 is 0 Å². The molecular formula is C19H20N2O2S. The highest BCUT2D eigenvalue weighted by Gasteiger charge is 2.11. The fourth-order valence-corrected chi connectivity index (χ4v) is 3.69. The maximum atomic E-state index is 12.8. The van der Waals surface area contributed by atoms with Gasteiger partial charge >= 0.3 is 0 Å². The number of rotatable bonds is 4. The first-order chi connectivity index (χ1) is 11.6. The van der Waals surface area contributed by atoms with Crippen LogP contribution >= 0.6 is 11.3 Å². The number of benzene rings is 2. The maximum absolute atomic E-state index is 12.8. The number of aryl methyl sites for hydroxylation is 1. The molecule has 0 spiro atoms. The molecule has 4 nitrogen and oxygen atoms in total. The summed E-state index contributed by atoms with van der Waals surface area (Å²) in [5.74, 6) is -0.209. The third-order valence-electron chi connectivity index (χ3n) is 4.13. The quantitative estimate of drug-likeness (QED) is 0.727.